The first-order valence-electron chi connectivity index (χ1n) is 10.3. The predicted molar refractivity (Wildman–Crippen MR) is 124 cm³/mol. The number of piperazine rings is 1. The van der Waals surface area contributed by atoms with E-state index in [0.29, 0.717) is 13.1 Å². The SMILES string of the molecule is COc1ccc(-c2c(Cl)cc(C3(N)N=C(N)NN3)cc2C(F)(F)F)cc1S(=O)(=O)N1CCNCC1. The highest BCUT2D eigenvalue weighted by atomic mass is 35.5. The summed E-state index contributed by atoms with van der Waals surface area (Å²) in [6.45, 7) is 1.32. The Morgan fingerprint density at radius 2 is 1.89 bits per heavy atom. The molecule has 1 atom stereocenters. The molecule has 0 saturated carbocycles. The summed E-state index contributed by atoms with van der Waals surface area (Å²) < 4.78 is 75.7. The molecule has 0 bridgehead atoms. The minimum absolute atomic E-state index is 0.000498. The van der Waals surface area contributed by atoms with Crippen LogP contribution < -0.4 is 32.4 Å². The van der Waals surface area contributed by atoms with Crippen LogP contribution in [0.5, 0.6) is 5.75 Å². The van der Waals surface area contributed by atoms with Gasteiger partial charge in [0.25, 0.3) is 0 Å². The van der Waals surface area contributed by atoms with E-state index >= 15 is 0 Å². The fourth-order valence-electron chi connectivity index (χ4n) is 3.94. The third-order valence-corrected chi connectivity index (χ3v) is 7.88. The number of nitrogens with one attached hydrogen (secondary N) is 3. The Labute approximate surface area is 204 Å². The van der Waals surface area contributed by atoms with Gasteiger partial charge >= 0.3 is 6.18 Å². The van der Waals surface area contributed by atoms with Crippen LogP contribution in [0.4, 0.5) is 13.2 Å². The summed E-state index contributed by atoms with van der Waals surface area (Å²) >= 11 is 6.36. The quantitative estimate of drug-likeness (QED) is 0.384. The molecular weight excluding hydrogens is 511 g/mol. The Morgan fingerprint density at radius 1 is 1.20 bits per heavy atom. The Bertz CT molecular complexity index is 1280. The highest BCUT2D eigenvalue weighted by molar-refractivity contribution is 7.89. The number of hydrogen-bond acceptors (Lipinski definition) is 9. The van der Waals surface area contributed by atoms with Crippen molar-refractivity contribution in [1.82, 2.24) is 20.5 Å². The van der Waals surface area contributed by atoms with Gasteiger partial charge in [0.15, 0.2) is 0 Å². The van der Waals surface area contributed by atoms with Crippen LogP contribution in [0.1, 0.15) is 11.1 Å². The van der Waals surface area contributed by atoms with Gasteiger partial charge in [-0.1, -0.05) is 17.7 Å². The molecule has 15 heteroatoms. The van der Waals surface area contributed by atoms with Crippen molar-refractivity contribution in [2.45, 2.75) is 16.9 Å². The van der Waals surface area contributed by atoms with E-state index in [-0.39, 0.29) is 45.8 Å². The second-order valence-corrected chi connectivity index (χ2v) is 10.2. The van der Waals surface area contributed by atoms with Crippen molar-refractivity contribution < 1.29 is 26.3 Å². The molecule has 1 unspecified atom stereocenters. The van der Waals surface area contributed by atoms with E-state index in [1.807, 2.05) is 0 Å². The normalized spacial score (nSPS) is 21.5. The third-order valence-electron chi connectivity index (χ3n) is 5.66. The lowest BCUT2D eigenvalue weighted by Crippen LogP contribution is -2.50. The Morgan fingerprint density at radius 3 is 2.46 bits per heavy atom. The fourth-order valence-corrected chi connectivity index (χ4v) is 5.89. The molecule has 190 valence electrons. The monoisotopic (exact) mass is 533 g/mol. The molecule has 2 aliphatic rings. The van der Waals surface area contributed by atoms with Crippen LogP contribution in [0.3, 0.4) is 0 Å². The maximum atomic E-state index is 14.2. The number of hydrazine groups is 1. The molecule has 0 radical (unpaired) electrons. The number of methoxy groups -OCH3 is 1. The molecule has 1 saturated heterocycles. The van der Waals surface area contributed by atoms with E-state index in [2.05, 4.69) is 21.2 Å². The molecule has 2 aromatic rings. The summed E-state index contributed by atoms with van der Waals surface area (Å²) in [4.78, 5) is 3.63. The molecule has 0 spiro atoms. The van der Waals surface area contributed by atoms with Crippen LogP contribution in [-0.2, 0) is 22.0 Å². The summed E-state index contributed by atoms with van der Waals surface area (Å²) in [7, 11) is -2.78. The van der Waals surface area contributed by atoms with Crippen molar-refractivity contribution in [3.8, 4) is 16.9 Å². The topological polar surface area (TPSA) is 147 Å². The first-order chi connectivity index (χ1) is 16.4. The number of guanidine groups is 1. The molecular formula is C20H23ClF3N7O3S. The van der Waals surface area contributed by atoms with Gasteiger partial charge in [-0.2, -0.15) is 22.9 Å². The zero-order valence-electron chi connectivity index (χ0n) is 18.4. The maximum absolute atomic E-state index is 14.2. The number of benzene rings is 2. The van der Waals surface area contributed by atoms with Gasteiger partial charge in [-0.15, -0.1) is 0 Å². The summed E-state index contributed by atoms with van der Waals surface area (Å²) in [5, 5.41) is 2.75. The summed E-state index contributed by atoms with van der Waals surface area (Å²) in [5.41, 5.74) is 14.9. The van der Waals surface area contributed by atoms with Crippen LogP contribution in [0.2, 0.25) is 5.02 Å². The number of ether oxygens (including phenoxy) is 1. The first-order valence-corrected chi connectivity index (χ1v) is 12.2. The smallest absolute Gasteiger partial charge is 0.417 e. The first kappa shape index (κ1) is 25.5. The number of nitrogens with zero attached hydrogens (tertiary/aromatic N) is 2. The van der Waals surface area contributed by atoms with Gasteiger partial charge < -0.3 is 15.8 Å². The van der Waals surface area contributed by atoms with Crippen molar-refractivity contribution in [3.05, 3.63) is 46.5 Å². The Hall–Kier alpha value is -2.62. The molecule has 4 rings (SSSR count). The average molecular weight is 534 g/mol. The van der Waals surface area contributed by atoms with Gasteiger partial charge in [-0.25, -0.2) is 13.4 Å². The molecule has 10 nitrogen and oxygen atoms in total. The number of halogens is 4. The van der Waals surface area contributed by atoms with E-state index in [4.69, 9.17) is 27.8 Å². The van der Waals surface area contributed by atoms with Gasteiger partial charge in [-0.3, -0.25) is 11.2 Å². The van der Waals surface area contributed by atoms with E-state index in [1.54, 1.807) is 0 Å². The molecule has 2 aromatic carbocycles. The van der Waals surface area contributed by atoms with Crippen molar-refractivity contribution in [2.24, 2.45) is 16.5 Å². The molecule has 1 fully saturated rings. The van der Waals surface area contributed by atoms with Crippen LogP contribution in [0.15, 0.2) is 40.2 Å². The van der Waals surface area contributed by atoms with Crippen molar-refractivity contribution in [2.75, 3.05) is 33.3 Å². The summed E-state index contributed by atoms with van der Waals surface area (Å²) in [5.74, 6) is -1.90. The second kappa shape index (κ2) is 9.11. The van der Waals surface area contributed by atoms with E-state index < -0.39 is 33.1 Å². The van der Waals surface area contributed by atoms with Gasteiger partial charge in [-0.05, 0) is 29.8 Å². The van der Waals surface area contributed by atoms with Crippen molar-refractivity contribution >= 4 is 27.6 Å². The number of rotatable bonds is 5. The lowest BCUT2D eigenvalue weighted by Gasteiger charge is -2.27. The molecule has 2 heterocycles. The highest BCUT2D eigenvalue weighted by Crippen LogP contribution is 2.44. The van der Waals surface area contributed by atoms with Crippen LogP contribution in [0.25, 0.3) is 11.1 Å². The van der Waals surface area contributed by atoms with Gasteiger partial charge in [0.05, 0.1) is 12.7 Å². The minimum Gasteiger partial charge on any atom is -0.495 e. The zero-order chi connectivity index (χ0) is 25.6. The number of nitrogens with two attached hydrogens (primary N) is 2. The van der Waals surface area contributed by atoms with E-state index in [1.165, 1.54) is 29.6 Å². The molecule has 35 heavy (non-hydrogen) atoms. The van der Waals surface area contributed by atoms with Gasteiger partial charge in [0.1, 0.15) is 10.6 Å². The third kappa shape index (κ3) is 4.77. The Balaban J connectivity index is 1.89. The molecule has 0 aromatic heterocycles. The van der Waals surface area contributed by atoms with Gasteiger partial charge in [0.2, 0.25) is 21.8 Å². The number of hydrogen-bond donors (Lipinski definition) is 5. The fraction of sp³-hybridized carbons (Fsp3) is 0.350. The maximum Gasteiger partial charge on any atom is 0.417 e. The van der Waals surface area contributed by atoms with E-state index in [0.717, 1.165) is 12.1 Å². The lowest BCUT2D eigenvalue weighted by atomic mass is 9.95. The molecule has 0 aliphatic carbocycles. The number of sulfonamides is 1. The van der Waals surface area contributed by atoms with Crippen molar-refractivity contribution in [3.63, 3.8) is 0 Å². The molecule has 7 N–H and O–H groups in total. The summed E-state index contributed by atoms with van der Waals surface area (Å²) in [6.07, 6.45) is -4.86. The van der Waals surface area contributed by atoms with Crippen LogP contribution >= 0.6 is 11.6 Å². The predicted octanol–water partition coefficient (Wildman–Crippen LogP) is 1.12. The van der Waals surface area contributed by atoms with E-state index in [9.17, 15) is 21.6 Å². The number of aliphatic imine (C=N–C) groups is 1. The largest absolute Gasteiger partial charge is 0.495 e. The standard InChI is InChI=1S/C20H23ClF3N7O3S/c1-34-15-3-2-11(8-16(15)35(32,33)31-6-4-27-5-7-31)17-13(19(22,23)24)9-12(10-14(17)21)20(26)28-18(25)29-30-20/h2-3,8-10,27,30H,4-7,26H2,1H3,(H3,25,28,29). The molecule has 0 amide bonds. The van der Waals surface area contributed by atoms with Crippen LogP contribution in [-0.4, -0.2) is 52.0 Å². The summed E-state index contributed by atoms with van der Waals surface area (Å²) in [6, 6.07) is 5.77. The van der Waals surface area contributed by atoms with Crippen molar-refractivity contribution in [1.29, 1.82) is 0 Å². The number of alkyl halides is 3. The van der Waals surface area contributed by atoms with Gasteiger partial charge in [0, 0.05) is 42.3 Å². The molecule has 2 aliphatic heterocycles. The van der Waals surface area contributed by atoms with Crippen LogP contribution in [0, 0.1) is 0 Å². The highest BCUT2D eigenvalue weighted by Gasteiger charge is 2.40. The lowest BCUT2D eigenvalue weighted by molar-refractivity contribution is -0.137. The Kier molecular flexibility index (Phi) is 6.63. The minimum atomic E-state index is -4.86. The second-order valence-electron chi connectivity index (χ2n) is 7.91. The average Bonchev–Trinajstić information content (AvgIpc) is 3.17. The zero-order valence-corrected chi connectivity index (χ0v) is 20.0.